The Kier molecular flexibility index (Phi) is 3.42. The zero-order chi connectivity index (χ0) is 13.1. The predicted molar refractivity (Wildman–Crippen MR) is 69.8 cm³/mol. The van der Waals surface area contributed by atoms with Crippen molar-refractivity contribution in [2.24, 2.45) is 0 Å². The maximum atomic E-state index is 11.1. The van der Waals surface area contributed by atoms with Crippen LogP contribution in [0, 0.1) is 0 Å². The van der Waals surface area contributed by atoms with Crippen LogP contribution < -0.4 is 10.6 Å². The van der Waals surface area contributed by atoms with E-state index in [9.17, 15) is 4.79 Å². The number of thiazole rings is 1. The third-order valence-electron chi connectivity index (χ3n) is 2.36. The highest BCUT2D eigenvalue weighted by Gasteiger charge is 2.16. The minimum atomic E-state index is -1.05. The Hall–Kier alpha value is -2.15. The van der Waals surface area contributed by atoms with Crippen molar-refractivity contribution in [1.29, 1.82) is 0 Å². The lowest BCUT2D eigenvalue weighted by molar-refractivity contribution is 0.0697. The Balaban J connectivity index is 2.29. The molecule has 3 N–H and O–H groups in total. The van der Waals surface area contributed by atoms with Gasteiger partial charge in [0.05, 0.1) is 29.6 Å². The Morgan fingerprint density at radius 2 is 2.33 bits per heavy atom. The molecule has 2 rings (SSSR count). The zero-order valence-electron chi connectivity index (χ0n) is 9.70. The lowest BCUT2D eigenvalue weighted by atomic mass is 10.2. The summed E-state index contributed by atoms with van der Waals surface area (Å²) in [7, 11) is 1.77. The summed E-state index contributed by atoms with van der Waals surface area (Å²) in [5.74, 6) is -0.667. The molecule has 0 aliphatic rings. The Morgan fingerprint density at radius 3 is 2.94 bits per heavy atom. The molecule has 0 spiro atoms. The molecule has 0 saturated carbocycles. The molecule has 0 aliphatic carbocycles. The highest BCUT2D eigenvalue weighted by atomic mass is 32.1. The summed E-state index contributed by atoms with van der Waals surface area (Å²) >= 11 is 1.50. The third-order valence-corrected chi connectivity index (χ3v) is 3.00. The summed E-state index contributed by atoms with van der Waals surface area (Å²) in [5.41, 5.74) is 8.58. The number of nitrogens with two attached hydrogens (primary N) is 1. The summed E-state index contributed by atoms with van der Waals surface area (Å²) in [6.07, 6.45) is 1.44. The second-order valence-electron chi connectivity index (χ2n) is 3.78. The molecule has 0 saturated heterocycles. The summed E-state index contributed by atoms with van der Waals surface area (Å²) in [4.78, 5) is 21.1. The van der Waals surface area contributed by atoms with Gasteiger partial charge in [-0.1, -0.05) is 0 Å². The number of rotatable bonds is 4. The minimum absolute atomic E-state index is 0.0905. The predicted octanol–water partition coefficient (Wildman–Crippen LogP) is 1.45. The van der Waals surface area contributed by atoms with Gasteiger partial charge >= 0.3 is 5.97 Å². The monoisotopic (exact) mass is 264 g/mol. The Bertz CT molecular complexity index is 556. The number of carboxylic acid groups (broad SMARTS) is 1. The topological polar surface area (TPSA) is 92.3 Å². The van der Waals surface area contributed by atoms with Crippen LogP contribution in [0.25, 0.3) is 0 Å². The first-order chi connectivity index (χ1) is 8.58. The van der Waals surface area contributed by atoms with Crippen LogP contribution in [0.2, 0.25) is 0 Å². The summed E-state index contributed by atoms with van der Waals surface area (Å²) in [5, 5.41) is 11.0. The summed E-state index contributed by atoms with van der Waals surface area (Å²) in [6.45, 7) is 0.501. The van der Waals surface area contributed by atoms with Crippen LogP contribution in [0.15, 0.2) is 23.2 Å². The van der Waals surface area contributed by atoms with Crippen molar-refractivity contribution < 1.29 is 9.90 Å². The van der Waals surface area contributed by atoms with Gasteiger partial charge in [-0.3, -0.25) is 0 Å². The average molecular weight is 264 g/mol. The molecule has 0 atom stereocenters. The van der Waals surface area contributed by atoms with Gasteiger partial charge in [-0.25, -0.2) is 14.8 Å². The van der Waals surface area contributed by atoms with Gasteiger partial charge in [0, 0.05) is 12.4 Å². The number of carbonyl (C=O) groups is 1. The van der Waals surface area contributed by atoms with Crippen molar-refractivity contribution in [3.63, 3.8) is 0 Å². The number of nitrogens with zero attached hydrogens (tertiary/aromatic N) is 3. The smallest absolute Gasteiger partial charge is 0.339 e. The van der Waals surface area contributed by atoms with Crippen molar-refractivity contribution >= 4 is 28.8 Å². The van der Waals surface area contributed by atoms with Crippen LogP contribution in [-0.4, -0.2) is 28.1 Å². The van der Waals surface area contributed by atoms with Gasteiger partial charge in [0.25, 0.3) is 0 Å². The highest BCUT2D eigenvalue weighted by Crippen LogP contribution is 2.20. The molecule has 0 fully saturated rings. The van der Waals surface area contributed by atoms with E-state index in [-0.39, 0.29) is 5.56 Å². The summed E-state index contributed by atoms with van der Waals surface area (Å²) in [6, 6.07) is 1.40. The van der Waals surface area contributed by atoms with E-state index in [0.717, 1.165) is 5.69 Å². The number of aromatic carboxylic acids is 1. The van der Waals surface area contributed by atoms with E-state index in [1.165, 1.54) is 23.6 Å². The molecule has 2 heterocycles. The zero-order valence-corrected chi connectivity index (χ0v) is 10.5. The van der Waals surface area contributed by atoms with Gasteiger partial charge in [0.15, 0.2) is 0 Å². The number of pyridine rings is 1. The van der Waals surface area contributed by atoms with E-state index < -0.39 is 5.97 Å². The Morgan fingerprint density at radius 1 is 1.56 bits per heavy atom. The van der Waals surface area contributed by atoms with Crippen molar-refractivity contribution in [3.05, 3.63) is 34.4 Å². The number of hydrogen-bond donors (Lipinski definition) is 2. The van der Waals surface area contributed by atoms with Crippen molar-refractivity contribution in [2.45, 2.75) is 6.54 Å². The van der Waals surface area contributed by atoms with Crippen LogP contribution in [-0.2, 0) is 6.54 Å². The van der Waals surface area contributed by atoms with Gasteiger partial charge < -0.3 is 15.7 Å². The lowest BCUT2D eigenvalue weighted by Crippen LogP contribution is -2.21. The molecule has 0 radical (unpaired) electrons. The molecule has 0 aliphatic heterocycles. The van der Waals surface area contributed by atoms with E-state index >= 15 is 0 Å². The van der Waals surface area contributed by atoms with Crippen molar-refractivity contribution in [3.8, 4) is 0 Å². The fourth-order valence-corrected chi connectivity index (χ4v) is 2.12. The van der Waals surface area contributed by atoms with Crippen molar-refractivity contribution in [1.82, 2.24) is 9.97 Å². The number of nitrogen functional groups attached to an aromatic ring is 1. The fraction of sp³-hybridized carbons (Fsp3) is 0.182. The van der Waals surface area contributed by atoms with Crippen molar-refractivity contribution in [2.75, 3.05) is 17.7 Å². The molecule has 0 bridgehead atoms. The summed E-state index contributed by atoms with van der Waals surface area (Å²) < 4.78 is 0. The molecule has 0 unspecified atom stereocenters. The Labute approximate surface area is 108 Å². The maximum Gasteiger partial charge on any atom is 0.339 e. The number of hydrogen-bond acceptors (Lipinski definition) is 6. The largest absolute Gasteiger partial charge is 0.478 e. The molecule has 18 heavy (non-hydrogen) atoms. The van der Waals surface area contributed by atoms with Gasteiger partial charge in [0.2, 0.25) is 0 Å². The second-order valence-corrected chi connectivity index (χ2v) is 4.50. The molecule has 2 aromatic rings. The number of aromatic nitrogens is 2. The third kappa shape index (κ3) is 2.57. The van der Waals surface area contributed by atoms with Gasteiger partial charge in [-0.05, 0) is 6.07 Å². The van der Waals surface area contributed by atoms with Crippen LogP contribution >= 0.6 is 11.3 Å². The minimum Gasteiger partial charge on any atom is -0.478 e. The van der Waals surface area contributed by atoms with Crippen LogP contribution in [0.3, 0.4) is 0 Å². The van der Waals surface area contributed by atoms with E-state index in [1.54, 1.807) is 17.5 Å². The number of anilines is 2. The van der Waals surface area contributed by atoms with Gasteiger partial charge in [0.1, 0.15) is 11.4 Å². The lowest BCUT2D eigenvalue weighted by Gasteiger charge is -2.18. The maximum absolute atomic E-state index is 11.1. The molecule has 0 amide bonds. The molecule has 94 valence electrons. The van der Waals surface area contributed by atoms with Crippen LogP contribution in [0.4, 0.5) is 11.5 Å². The molecular formula is C11H12N4O2S. The van der Waals surface area contributed by atoms with Crippen LogP contribution in [0.1, 0.15) is 16.1 Å². The molecule has 7 heteroatoms. The second kappa shape index (κ2) is 5.01. The molecular weight excluding hydrogens is 252 g/mol. The van der Waals surface area contributed by atoms with E-state index in [1.807, 2.05) is 5.38 Å². The van der Waals surface area contributed by atoms with Gasteiger partial charge in [-0.15, -0.1) is 11.3 Å². The van der Waals surface area contributed by atoms with E-state index in [0.29, 0.717) is 18.1 Å². The molecule has 0 aromatic carbocycles. The van der Waals surface area contributed by atoms with E-state index in [4.69, 9.17) is 10.8 Å². The number of carboxylic acids is 1. The quantitative estimate of drug-likeness (QED) is 0.868. The average Bonchev–Trinajstić information content (AvgIpc) is 2.81. The highest BCUT2D eigenvalue weighted by molar-refractivity contribution is 7.07. The first kappa shape index (κ1) is 12.3. The standard InChI is InChI=1S/C11H12N4O2S/c1-15(4-8-5-18-6-14-8)10-9(11(16)17)2-7(12)3-13-10/h2-3,5-6H,4,12H2,1H3,(H,16,17). The van der Waals surface area contributed by atoms with E-state index in [2.05, 4.69) is 9.97 Å². The SMILES string of the molecule is CN(Cc1cscn1)c1ncc(N)cc1C(=O)O. The molecule has 2 aromatic heterocycles. The first-order valence-electron chi connectivity index (χ1n) is 5.15. The molecule has 6 nitrogen and oxygen atoms in total. The van der Waals surface area contributed by atoms with Crippen LogP contribution in [0.5, 0.6) is 0 Å². The normalized spacial score (nSPS) is 10.3. The first-order valence-corrected chi connectivity index (χ1v) is 6.09. The fourth-order valence-electron chi connectivity index (χ4n) is 1.57. The van der Waals surface area contributed by atoms with Gasteiger partial charge in [-0.2, -0.15) is 0 Å².